The minimum absolute atomic E-state index is 0.152. The predicted octanol–water partition coefficient (Wildman–Crippen LogP) is 1.31. The molecule has 1 heterocycles. The van der Waals surface area contributed by atoms with Crippen LogP contribution in [0.1, 0.15) is 23.5 Å². The third-order valence-electron chi connectivity index (χ3n) is 2.97. The monoisotopic (exact) mass is 239 g/mol. The first-order valence-electron chi connectivity index (χ1n) is 5.52. The van der Waals surface area contributed by atoms with E-state index in [0.717, 1.165) is 25.1 Å². The molecule has 16 heavy (non-hydrogen) atoms. The summed E-state index contributed by atoms with van der Waals surface area (Å²) in [6.45, 7) is 1.98. The van der Waals surface area contributed by atoms with Crippen LogP contribution in [0.2, 0.25) is 0 Å². The largest absolute Gasteiger partial charge is 0.316 e. The minimum Gasteiger partial charge on any atom is -0.316 e. The number of sulfone groups is 1. The highest BCUT2D eigenvalue weighted by molar-refractivity contribution is 7.89. The summed E-state index contributed by atoms with van der Waals surface area (Å²) < 4.78 is 22.7. The number of nitrogens with one attached hydrogen (secondary N) is 1. The Bertz CT molecular complexity index is 462. The minimum atomic E-state index is -2.95. The average Bonchev–Trinajstić information content (AvgIpc) is 2.69. The van der Waals surface area contributed by atoms with Gasteiger partial charge >= 0.3 is 0 Å². The van der Waals surface area contributed by atoms with Gasteiger partial charge in [-0.2, -0.15) is 0 Å². The molecule has 0 spiro atoms. The zero-order valence-electron chi connectivity index (χ0n) is 9.44. The van der Waals surface area contributed by atoms with Crippen LogP contribution in [0, 0.1) is 0 Å². The Kier molecular flexibility index (Phi) is 3.30. The molecule has 1 fully saturated rings. The van der Waals surface area contributed by atoms with Crippen LogP contribution in [0.5, 0.6) is 0 Å². The Morgan fingerprint density at radius 3 is 2.75 bits per heavy atom. The van der Waals surface area contributed by atoms with Gasteiger partial charge in [-0.1, -0.05) is 24.3 Å². The fourth-order valence-electron chi connectivity index (χ4n) is 2.27. The predicted molar refractivity (Wildman–Crippen MR) is 65.2 cm³/mol. The molecule has 1 atom stereocenters. The molecule has 0 amide bonds. The van der Waals surface area contributed by atoms with Crippen LogP contribution < -0.4 is 5.32 Å². The van der Waals surface area contributed by atoms with E-state index in [0.29, 0.717) is 5.92 Å². The van der Waals surface area contributed by atoms with Crippen LogP contribution in [-0.2, 0) is 15.6 Å². The van der Waals surface area contributed by atoms with Crippen molar-refractivity contribution in [3.05, 3.63) is 35.4 Å². The van der Waals surface area contributed by atoms with E-state index in [4.69, 9.17) is 0 Å². The second kappa shape index (κ2) is 4.55. The highest BCUT2D eigenvalue weighted by Gasteiger charge is 2.20. The zero-order valence-corrected chi connectivity index (χ0v) is 10.3. The fraction of sp³-hybridized carbons (Fsp3) is 0.500. The summed E-state index contributed by atoms with van der Waals surface area (Å²) in [5, 5.41) is 3.31. The lowest BCUT2D eigenvalue weighted by Crippen LogP contribution is -2.11. The van der Waals surface area contributed by atoms with E-state index in [1.165, 1.54) is 11.8 Å². The molecule has 0 radical (unpaired) electrons. The summed E-state index contributed by atoms with van der Waals surface area (Å²) in [7, 11) is -2.95. The lowest BCUT2D eigenvalue weighted by molar-refractivity contribution is 0.600. The molecule has 88 valence electrons. The first kappa shape index (κ1) is 11.6. The van der Waals surface area contributed by atoms with Crippen molar-refractivity contribution in [2.75, 3.05) is 19.3 Å². The van der Waals surface area contributed by atoms with Gasteiger partial charge in [-0.25, -0.2) is 8.42 Å². The third kappa shape index (κ3) is 2.83. The molecule has 1 aliphatic rings. The first-order valence-corrected chi connectivity index (χ1v) is 7.58. The van der Waals surface area contributed by atoms with Gasteiger partial charge in [-0.15, -0.1) is 0 Å². The molecule has 0 aliphatic carbocycles. The molecule has 1 aromatic carbocycles. The highest BCUT2D eigenvalue weighted by atomic mass is 32.2. The molecule has 2 rings (SSSR count). The average molecular weight is 239 g/mol. The number of rotatable bonds is 3. The third-order valence-corrected chi connectivity index (χ3v) is 3.81. The molecule has 1 saturated heterocycles. The van der Waals surface area contributed by atoms with Crippen molar-refractivity contribution in [3.63, 3.8) is 0 Å². The van der Waals surface area contributed by atoms with Crippen LogP contribution in [0.3, 0.4) is 0 Å². The van der Waals surface area contributed by atoms with Gasteiger partial charge < -0.3 is 5.32 Å². The highest BCUT2D eigenvalue weighted by Crippen LogP contribution is 2.26. The van der Waals surface area contributed by atoms with Crippen molar-refractivity contribution in [3.8, 4) is 0 Å². The second-order valence-electron chi connectivity index (χ2n) is 4.46. The second-order valence-corrected chi connectivity index (χ2v) is 6.60. The quantitative estimate of drug-likeness (QED) is 0.865. The number of hydrogen-bond donors (Lipinski definition) is 1. The Hall–Kier alpha value is -0.870. The molecule has 1 N–H and O–H groups in total. The molecule has 1 aromatic rings. The van der Waals surface area contributed by atoms with Crippen molar-refractivity contribution in [1.82, 2.24) is 5.32 Å². The number of benzene rings is 1. The van der Waals surface area contributed by atoms with Gasteiger partial charge in [0, 0.05) is 12.8 Å². The van der Waals surface area contributed by atoms with E-state index < -0.39 is 9.84 Å². The lowest BCUT2D eigenvalue weighted by atomic mass is 9.94. The summed E-state index contributed by atoms with van der Waals surface area (Å²) in [6, 6.07) is 7.87. The Labute approximate surface area is 96.8 Å². The van der Waals surface area contributed by atoms with Crippen molar-refractivity contribution < 1.29 is 8.42 Å². The molecule has 1 aliphatic heterocycles. The summed E-state index contributed by atoms with van der Waals surface area (Å²) in [6.07, 6.45) is 2.39. The van der Waals surface area contributed by atoms with Gasteiger partial charge in [-0.3, -0.25) is 0 Å². The van der Waals surface area contributed by atoms with Crippen LogP contribution >= 0.6 is 0 Å². The van der Waals surface area contributed by atoms with Gasteiger partial charge in [0.2, 0.25) is 0 Å². The van der Waals surface area contributed by atoms with Gasteiger partial charge in [0.15, 0.2) is 9.84 Å². The molecule has 0 saturated carbocycles. The van der Waals surface area contributed by atoms with E-state index in [1.807, 2.05) is 18.2 Å². The van der Waals surface area contributed by atoms with Gasteiger partial charge in [0.1, 0.15) is 0 Å². The Morgan fingerprint density at radius 2 is 2.12 bits per heavy atom. The first-order chi connectivity index (χ1) is 7.56. The Morgan fingerprint density at radius 1 is 1.38 bits per heavy atom. The topological polar surface area (TPSA) is 46.2 Å². The molecular formula is C12H17NO2S. The standard InChI is InChI=1S/C12H17NO2S/c1-16(14,15)9-11-4-2-3-5-12(11)10-6-7-13-8-10/h2-5,10,13H,6-9H2,1H3. The van der Waals surface area contributed by atoms with Crippen LogP contribution in [0.4, 0.5) is 0 Å². The zero-order chi connectivity index (χ0) is 11.6. The summed E-state index contributed by atoms with van der Waals surface area (Å²) in [5.74, 6) is 0.623. The fourth-order valence-corrected chi connectivity index (χ4v) is 3.09. The van der Waals surface area contributed by atoms with Crippen molar-refractivity contribution >= 4 is 9.84 Å². The van der Waals surface area contributed by atoms with Crippen LogP contribution in [0.25, 0.3) is 0 Å². The SMILES string of the molecule is CS(=O)(=O)Cc1ccccc1C1CCNC1. The smallest absolute Gasteiger partial charge is 0.151 e. The maximum atomic E-state index is 11.4. The van der Waals surface area contributed by atoms with E-state index >= 15 is 0 Å². The van der Waals surface area contributed by atoms with E-state index in [9.17, 15) is 8.42 Å². The van der Waals surface area contributed by atoms with Crippen molar-refractivity contribution in [2.45, 2.75) is 18.1 Å². The molecule has 0 bridgehead atoms. The molecule has 0 aromatic heterocycles. The molecule has 3 nitrogen and oxygen atoms in total. The lowest BCUT2D eigenvalue weighted by Gasteiger charge is -2.13. The maximum Gasteiger partial charge on any atom is 0.151 e. The normalized spacial score (nSPS) is 21.2. The summed E-state index contributed by atoms with van der Waals surface area (Å²) in [5.41, 5.74) is 2.15. The summed E-state index contributed by atoms with van der Waals surface area (Å²) in [4.78, 5) is 0. The van der Waals surface area contributed by atoms with Gasteiger partial charge in [-0.05, 0) is 30.0 Å². The number of hydrogen-bond acceptors (Lipinski definition) is 3. The summed E-state index contributed by atoms with van der Waals surface area (Å²) >= 11 is 0. The molecule has 1 unspecified atom stereocenters. The van der Waals surface area contributed by atoms with E-state index in [2.05, 4.69) is 11.4 Å². The Balaban J connectivity index is 2.30. The van der Waals surface area contributed by atoms with Crippen molar-refractivity contribution in [2.24, 2.45) is 0 Å². The van der Waals surface area contributed by atoms with E-state index in [1.54, 1.807) is 0 Å². The van der Waals surface area contributed by atoms with Crippen molar-refractivity contribution in [1.29, 1.82) is 0 Å². The molecule has 4 heteroatoms. The van der Waals surface area contributed by atoms with Crippen LogP contribution in [0.15, 0.2) is 24.3 Å². The van der Waals surface area contributed by atoms with Crippen LogP contribution in [-0.4, -0.2) is 27.8 Å². The molecular weight excluding hydrogens is 222 g/mol. The van der Waals surface area contributed by atoms with Gasteiger partial charge in [0.05, 0.1) is 5.75 Å². The van der Waals surface area contributed by atoms with Gasteiger partial charge in [0.25, 0.3) is 0 Å². The van der Waals surface area contributed by atoms with E-state index in [-0.39, 0.29) is 5.75 Å². The maximum absolute atomic E-state index is 11.4.